The number of hydrogen-bond acceptors (Lipinski definition) is 6. The number of para-hydroxylation sites is 1. The molecule has 2 aromatic carbocycles. The van der Waals surface area contributed by atoms with Crippen LogP contribution >= 0.6 is 0 Å². The Kier molecular flexibility index (Phi) is 9.31. The first-order chi connectivity index (χ1) is 14.9. The number of alkyl carbamates (subject to hydrolysis) is 1. The summed E-state index contributed by atoms with van der Waals surface area (Å²) in [6, 6.07) is 15.2. The number of rotatable bonds is 11. The number of aliphatic hydroxyl groups is 1. The zero-order valence-electron chi connectivity index (χ0n) is 17.2. The third kappa shape index (κ3) is 8.35. The van der Waals surface area contributed by atoms with Crippen molar-refractivity contribution in [2.24, 2.45) is 5.73 Å². The molecule has 0 aliphatic carbocycles. The Balaban J connectivity index is 1.77. The van der Waals surface area contributed by atoms with E-state index in [0.29, 0.717) is 11.3 Å². The second-order valence-electron chi connectivity index (χ2n) is 6.84. The Morgan fingerprint density at radius 1 is 1.06 bits per heavy atom. The maximum atomic E-state index is 12.2. The lowest BCUT2D eigenvalue weighted by molar-refractivity contribution is -0.128. The van der Waals surface area contributed by atoms with E-state index in [2.05, 4.69) is 10.6 Å². The summed E-state index contributed by atoms with van der Waals surface area (Å²) in [7, 11) is 1.50. The van der Waals surface area contributed by atoms with E-state index in [1.807, 2.05) is 30.3 Å². The molecule has 9 heteroatoms. The fourth-order valence-electron chi connectivity index (χ4n) is 2.83. The lowest BCUT2D eigenvalue weighted by Gasteiger charge is -2.18. The number of nitrogens with one attached hydrogen (secondary N) is 2. The van der Waals surface area contributed by atoms with Gasteiger partial charge in [-0.3, -0.25) is 9.59 Å². The molecule has 0 unspecified atom stereocenters. The van der Waals surface area contributed by atoms with E-state index in [1.54, 1.807) is 24.3 Å². The van der Waals surface area contributed by atoms with Crippen LogP contribution in [0.15, 0.2) is 54.6 Å². The van der Waals surface area contributed by atoms with Gasteiger partial charge >= 0.3 is 6.09 Å². The molecule has 31 heavy (non-hydrogen) atoms. The fourth-order valence-corrected chi connectivity index (χ4v) is 2.83. The van der Waals surface area contributed by atoms with E-state index in [9.17, 15) is 19.5 Å². The van der Waals surface area contributed by atoms with Crippen molar-refractivity contribution < 1.29 is 29.0 Å². The van der Waals surface area contributed by atoms with Crippen LogP contribution in [0, 0.1) is 0 Å². The lowest BCUT2D eigenvalue weighted by Crippen LogP contribution is -2.47. The monoisotopic (exact) mass is 429 g/mol. The largest absolute Gasteiger partial charge is 0.496 e. The van der Waals surface area contributed by atoms with Gasteiger partial charge in [0.05, 0.1) is 19.6 Å². The number of benzene rings is 2. The summed E-state index contributed by atoms with van der Waals surface area (Å²) in [5.41, 5.74) is 6.93. The van der Waals surface area contributed by atoms with E-state index in [4.69, 9.17) is 15.2 Å². The summed E-state index contributed by atoms with van der Waals surface area (Å²) < 4.78 is 10.3. The standard InChI is InChI=1S/C22H27N3O6/c1-30-19-10-6-5-9-16(19)11-18(21(23)28)25-20(27)12-17(26)13-24-22(29)31-14-15-7-3-2-4-8-15/h2-10,17-18,26H,11-14H2,1H3,(H2,23,28)(H,24,29)(H,25,27)/t17-,18+/m0/s1. The number of carbonyl (C=O) groups is 3. The van der Waals surface area contributed by atoms with Crippen LogP contribution in [0.5, 0.6) is 5.75 Å². The zero-order valence-corrected chi connectivity index (χ0v) is 17.2. The minimum atomic E-state index is -1.16. The molecule has 0 saturated heterocycles. The van der Waals surface area contributed by atoms with Crippen LogP contribution in [-0.2, 0) is 27.4 Å². The second kappa shape index (κ2) is 12.2. The maximum absolute atomic E-state index is 12.2. The van der Waals surface area contributed by atoms with Crippen LogP contribution in [0.25, 0.3) is 0 Å². The molecule has 9 nitrogen and oxygen atoms in total. The molecule has 2 atom stereocenters. The van der Waals surface area contributed by atoms with Crippen molar-refractivity contribution in [1.29, 1.82) is 0 Å². The normalized spacial score (nSPS) is 12.3. The van der Waals surface area contributed by atoms with Gasteiger partial charge < -0.3 is 30.9 Å². The number of carbonyl (C=O) groups excluding carboxylic acids is 3. The summed E-state index contributed by atoms with van der Waals surface area (Å²) in [4.78, 5) is 35.7. The van der Waals surface area contributed by atoms with Crippen LogP contribution in [-0.4, -0.2) is 48.8 Å². The number of aliphatic hydroxyl groups excluding tert-OH is 1. The first-order valence-electron chi connectivity index (χ1n) is 9.72. The molecule has 0 aliphatic rings. The van der Waals surface area contributed by atoms with E-state index in [0.717, 1.165) is 5.56 Å². The molecule has 0 bridgehead atoms. The average molecular weight is 429 g/mol. The van der Waals surface area contributed by atoms with Crippen molar-refractivity contribution in [3.05, 3.63) is 65.7 Å². The lowest BCUT2D eigenvalue weighted by atomic mass is 10.0. The Labute approximate surface area is 180 Å². The third-order valence-corrected chi connectivity index (χ3v) is 4.41. The van der Waals surface area contributed by atoms with Crippen molar-refractivity contribution in [1.82, 2.24) is 10.6 Å². The molecule has 0 spiro atoms. The minimum Gasteiger partial charge on any atom is -0.496 e. The highest BCUT2D eigenvalue weighted by molar-refractivity contribution is 5.87. The van der Waals surface area contributed by atoms with E-state index < -0.39 is 30.1 Å². The number of methoxy groups -OCH3 is 1. The first kappa shape index (κ1) is 23.7. The summed E-state index contributed by atoms with van der Waals surface area (Å²) in [5, 5.41) is 14.9. The highest BCUT2D eigenvalue weighted by atomic mass is 16.5. The summed E-state index contributed by atoms with van der Waals surface area (Å²) >= 11 is 0. The van der Waals surface area contributed by atoms with Crippen molar-refractivity contribution >= 4 is 17.9 Å². The van der Waals surface area contributed by atoms with Gasteiger partial charge in [0.2, 0.25) is 11.8 Å². The Hall–Kier alpha value is -3.59. The smallest absolute Gasteiger partial charge is 0.407 e. The maximum Gasteiger partial charge on any atom is 0.407 e. The number of primary amides is 1. The molecule has 3 amide bonds. The van der Waals surface area contributed by atoms with Crippen molar-refractivity contribution in [3.63, 3.8) is 0 Å². The van der Waals surface area contributed by atoms with Gasteiger partial charge in [-0.25, -0.2) is 4.79 Å². The zero-order chi connectivity index (χ0) is 22.6. The van der Waals surface area contributed by atoms with Crippen LogP contribution in [0.1, 0.15) is 17.5 Å². The van der Waals surface area contributed by atoms with Gasteiger partial charge in [-0.05, 0) is 17.2 Å². The van der Waals surface area contributed by atoms with Crippen LogP contribution < -0.4 is 21.1 Å². The molecule has 0 aromatic heterocycles. The second-order valence-corrected chi connectivity index (χ2v) is 6.84. The van der Waals surface area contributed by atoms with Crippen LogP contribution in [0.3, 0.4) is 0 Å². The molecular weight excluding hydrogens is 402 g/mol. The van der Waals surface area contributed by atoms with Gasteiger partial charge in [-0.15, -0.1) is 0 Å². The first-order valence-corrected chi connectivity index (χ1v) is 9.72. The average Bonchev–Trinajstić information content (AvgIpc) is 2.76. The van der Waals surface area contributed by atoms with Crippen molar-refractivity contribution in [2.45, 2.75) is 31.6 Å². The predicted molar refractivity (Wildman–Crippen MR) is 113 cm³/mol. The summed E-state index contributed by atoms with van der Waals surface area (Å²) in [5.74, 6) is -0.719. The van der Waals surface area contributed by atoms with Gasteiger partial charge in [0.15, 0.2) is 0 Å². The van der Waals surface area contributed by atoms with Crippen LogP contribution in [0.4, 0.5) is 4.79 Å². The number of hydrogen-bond donors (Lipinski definition) is 4. The van der Waals surface area contributed by atoms with Gasteiger partial charge in [0.1, 0.15) is 18.4 Å². The SMILES string of the molecule is COc1ccccc1C[C@@H](NC(=O)C[C@H](O)CNC(=O)OCc1ccccc1)C(N)=O. The van der Waals surface area contributed by atoms with E-state index >= 15 is 0 Å². The predicted octanol–water partition coefficient (Wildman–Crippen LogP) is 0.885. The quantitative estimate of drug-likeness (QED) is 0.418. The number of amides is 3. The highest BCUT2D eigenvalue weighted by Gasteiger charge is 2.22. The van der Waals surface area contributed by atoms with Crippen molar-refractivity contribution in [3.8, 4) is 5.75 Å². The minimum absolute atomic E-state index is 0.0898. The molecule has 0 radical (unpaired) electrons. The van der Waals surface area contributed by atoms with E-state index in [-0.39, 0.29) is 26.0 Å². The molecule has 2 rings (SSSR count). The van der Waals surface area contributed by atoms with Gasteiger partial charge in [0.25, 0.3) is 0 Å². The third-order valence-electron chi connectivity index (χ3n) is 4.41. The molecule has 0 fully saturated rings. The number of ether oxygens (including phenoxy) is 2. The Morgan fingerprint density at radius 3 is 2.42 bits per heavy atom. The molecule has 5 N–H and O–H groups in total. The molecule has 0 heterocycles. The molecule has 0 aliphatic heterocycles. The fraction of sp³-hybridized carbons (Fsp3) is 0.318. The summed E-state index contributed by atoms with van der Waals surface area (Å²) in [6.45, 7) is -0.0959. The van der Waals surface area contributed by atoms with Crippen LogP contribution in [0.2, 0.25) is 0 Å². The van der Waals surface area contributed by atoms with Gasteiger partial charge in [-0.2, -0.15) is 0 Å². The Bertz CT molecular complexity index is 875. The molecule has 0 saturated carbocycles. The van der Waals surface area contributed by atoms with Gasteiger partial charge in [-0.1, -0.05) is 48.5 Å². The highest BCUT2D eigenvalue weighted by Crippen LogP contribution is 2.19. The molecular formula is C22H27N3O6. The Morgan fingerprint density at radius 2 is 1.74 bits per heavy atom. The molecule has 2 aromatic rings. The topological polar surface area (TPSA) is 140 Å². The van der Waals surface area contributed by atoms with E-state index in [1.165, 1.54) is 7.11 Å². The number of nitrogens with two attached hydrogens (primary N) is 1. The van der Waals surface area contributed by atoms with Gasteiger partial charge in [0, 0.05) is 13.0 Å². The van der Waals surface area contributed by atoms with Crippen molar-refractivity contribution in [2.75, 3.05) is 13.7 Å². The molecule has 166 valence electrons. The summed E-state index contributed by atoms with van der Waals surface area (Å²) in [6.07, 6.45) is -2.06.